The molecule has 0 unspecified atom stereocenters. The van der Waals surface area contributed by atoms with Crippen molar-refractivity contribution in [3.63, 3.8) is 0 Å². The van der Waals surface area contributed by atoms with Crippen molar-refractivity contribution in [2.75, 3.05) is 0 Å². The molecular formula is C45H25N3O2S. The predicted molar refractivity (Wildman–Crippen MR) is 209 cm³/mol. The molecule has 11 rings (SSSR count). The molecular weight excluding hydrogens is 647 g/mol. The van der Waals surface area contributed by atoms with Crippen LogP contribution in [0.25, 0.3) is 109 Å². The van der Waals surface area contributed by atoms with Gasteiger partial charge in [0.1, 0.15) is 22.3 Å². The number of aromatic nitrogens is 3. The first-order valence-corrected chi connectivity index (χ1v) is 17.7. The molecule has 4 aromatic heterocycles. The second-order valence-electron chi connectivity index (χ2n) is 12.8. The molecule has 238 valence electrons. The molecule has 0 spiro atoms. The van der Waals surface area contributed by atoms with Gasteiger partial charge in [-0.05, 0) is 53.6 Å². The van der Waals surface area contributed by atoms with Crippen molar-refractivity contribution in [3.05, 3.63) is 152 Å². The van der Waals surface area contributed by atoms with Gasteiger partial charge < -0.3 is 8.83 Å². The smallest absolute Gasteiger partial charge is 0.165 e. The van der Waals surface area contributed by atoms with E-state index < -0.39 is 0 Å². The zero-order chi connectivity index (χ0) is 33.5. The highest BCUT2D eigenvalue weighted by Crippen LogP contribution is 2.46. The summed E-state index contributed by atoms with van der Waals surface area (Å²) in [6, 6.07) is 52.1. The van der Waals surface area contributed by atoms with Crippen LogP contribution in [0.5, 0.6) is 0 Å². The highest BCUT2D eigenvalue weighted by Gasteiger charge is 2.22. The van der Waals surface area contributed by atoms with E-state index in [2.05, 4.69) is 109 Å². The Kier molecular flexibility index (Phi) is 6.05. The molecule has 0 saturated carbocycles. The quantitative estimate of drug-likeness (QED) is 0.186. The van der Waals surface area contributed by atoms with Gasteiger partial charge in [-0.2, -0.15) is 0 Å². The van der Waals surface area contributed by atoms with E-state index in [9.17, 15) is 0 Å². The van der Waals surface area contributed by atoms with Gasteiger partial charge in [-0.15, -0.1) is 11.3 Å². The summed E-state index contributed by atoms with van der Waals surface area (Å²) in [6.07, 6.45) is 0. The molecule has 0 radical (unpaired) electrons. The van der Waals surface area contributed by atoms with Gasteiger partial charge in [0.2, 0.25) is 0 Å². The van der Waals surface area contributed by atoms with Crippen LogP contribution in [-0.4, -0.2) is 15.0 Å². The van der Waals surface area contributed by atoms with Gasteiger partial charge in [-0.25, -0.2) is 15.0 Å². The Hall–Kier alpha value is -6.63. The van der Waals surface area contributed by atoms with Gasteiger partial charge in [-0.1, -0.05) is 109 Å². The van der Waals surface area contributed by atoms with Crippen LogP contribution in [0.2, 0.25) is 0 Å². The highest BCUT2D eigenvalue weighted by molar-refractivity contribution is 7.26. The van der Waals surface area contributed by atoms with Crippen LogP contribution in [0, 0.1) is 0 Å². The van der Waals surface area contributed by atoms with E-state index in [1.807, 2.05) is 42.5 Å². The summed E-state index contributed by atoms with van der Waals surface area (Å²) in [7, 11) is 0. The minimum atomic E-state index is 0.578. The lowest BCUT2D eigenvalue weighted by molar-refractivity contribution is 0.669. The van der Waals surface area contributed by atoms with Crippen molar-refractivity contribution in [3.8, 4) is 45.3 Å². The third-order valence-electron chi connectivity index (χ3n) is 9.73. The molecule has 6 heteroatoms. The van der Waals surface area contributed by atoms with E-state index in [0.717, 1.165) is 87.2 Å². The summed E-state index contributed by atoms with van der Waals surface area (Å²) in [6.45, 7) is 0. The van der Waals surface area contributed by atoms with Crippen molar-refractivity contribution in [2.24, 2.45) is 0 Å². The molecule has 4 heterocycles. The molecule has 0 amide bonds. The normalized spacial score (nSPS) is 11.9. The lowest BCUT2D eigenvalue weighted by Gasteiger charge is -2.11. The maximum absolute atomic E-state index is 6.57. The number of nitrogens with zero attached hydrogens (tertiary/aromatic N) is 3. The Balaban J connectivity index is 1.20. The number of rotatable bonds is 4. The predicted octanol–water partition coefficient (Wildman–Crippen LogP) is 12.7. The molecule has 7 aromatic carbocycles. The fourth-order valence-electron chi connectivity index (χ4n) is 7.32. The van der Waals surface area contributed by atoms with Gasteiger partial charge >= 0.3 is 0 Å². The fraction of sp³-hybridized carbons (Fsp3) is 0. The average molecular weight is 672 g/mol. The molecule has 0 aliphatic heterocycles. The Bertz CT molecular complexity index is 3160. The van der Waals surface area contributed by atoms with E-state index in [1.54, 1.807) is 11.3 Å². The number of hydrogen-bond donors (Lipinski definition) is 0. The SMILES string of the molecule is c1ccc(-c2cccc(-c3nc(-c4ccc5c(c4)oc4ccccc45)nc(-c4cc5c6ccccc6oc5c5c4sc4ccccc45)n3)c2)cc1. The van der Waals surface area contributed by atoms with Crippen LogP contribution in [0.3, 0.4) is 0 Å². The van der Waals surface area contributed by atoms with Crippen LogP contribution in [0.1, 0.15) is 0 Å². The van der Waals surface area contributed by atoms with E-state index >= 15 is 0 Å². The highest BCUT2D eigenvalue weighted by atomic mass is 32.1. The second-order valence-corrected chi connectivity index (χ2v) is 13.8. The summed E-state index contributed by atoms with van der Waals surface area (Å²) in [5.41, 5.74) is 8.32. The molecule has 5 nitrogen and oxygen atoms in total. The Labute approximate surface area is 295 Å². The zero-order valence-electron chi connectivity index (χ0n) is 27.0. The topological polar surface area (TPSA) is 65.0 Å². The molecule has 0 saturated heterocycles. The maximum Gasteiger partial charge on any atom is 0.165 e. The first kappa shape index (κ1) is 28.2. The fourth-order valence-corrected chi connectivity index (χ4v) is 8.53. The van der Waals surface area contributed by atoms with Crippen molar-refractivity contribution < 1.29 is 8.83 Å². The first-order chi connectivity index (χ1) is 25.2. The van der Waals surface area contributed by atoms with Crippen molar-refractivity contribution in [1.82, 2.24) is 15.0 Å². The van der Waals surface area contributed by atoms with Crippen LogP contribution < -0.4 is 0 Å². The molecule has 11 aromatic rings. The number of para-hydroxylation sites is 2. The monoisotopic (exact) mass is 671 g/mol. The summed E-state index contributed by atoms with van der Waals surface area (Å²) in [5.74, 6) is 1.78. The molecule has 0 aliphatic carbocycles. The molecule has 0 atom stereocenters. The van der Waals surface area contributed by atoms with E-state index in [0.29, 0.717) is 17.5 Å². The summed E-state index contributed by atoms with van der Waals surface area (Å²) in [5, 5.41) is 6.48. The minimum absolute atomic E-state index is 0.578. The average Bonchev–Trinajstić information content (AvgIpc) is 3.89. The molecule has 0 fully saturated rings. The Morgan fingerprint density at radius 2 is 1.00 bits per heavy atom. The van der Waals surface area contributed by atoms with E-state index in [4.69, 9.17) is 23.8 Å². The Morgan fingerprint density at radius 3 is 1.82 bits per heavy atom. The zero-order valence-corrected chi connectivity index (χ0v) is 27.8. The van der Waals surface area contributed by atoms with Crippen molar-refractivity contribution in [2.45, 2.75) is 0 Å². The second kappa shape index (κ2) is 10.9. The molecule has 0 aliphatic rings. The number of hydrogen-bond acceptors (Lipinski definition) is 6. The number of furan rings is 2. The van der Waals surface area contributed by atoms with Gasteiger partial charge in [0.25, 0.3) is 0 Å². The van der Waals surface area contributed by atoms with E-state index in [1.165, 1.54) is 4.70 Å². The van der Waals surface area contributed by atoms with Crippen LogP contribution >= 0.6 is 11.3 Å². The van der Waals surface area contributed by atoms with Crippen LogP contribution in [0.4, 0.5) is 0 Å². The Morgan fingerprint density at radius 1 is 0.392 bits per heavy atom. The number of benzene rings is 7. The van der Waals surface area contributed by atoms with Gasteiger partial charge in [0.15, 0.2) is 17.5 Å². The summed E-state index contributed by atoms with van der Waals surface area (Å²) >= 11 is 1.74. The largest absolute Gasteiger partial charge is 0.456 e. The summed E-state index contributed by atoms with van der Waals surface area (Å²) in [4.78, 5) is 15.6. The maximum atomic E-state index is 6.57. The first-order valence-electron chi connectivity index (χ1n) is 16.8. The lowest BCUT2D eigenvalue weighted by Crippen LogP contribution is -2.00. The molecule has 0 N–H and O–H groups in total. The molecule has 51 heavy (non-hydrogen) atoms. The van der Waals surface area contributed by atoms with Crippen LogP contribution in [0.15, 0.2) is 160 Å². The lowest BCUT2D eigenvalue weighted by atomic mass is 10.0. The minimum Gasteiger partial charge on any atom is -0.456 e. The van der Waals surface area contributed by atoms with Crippen molar-refractivity contribution >= 4 is 75.4 Å². The third kappa shape index (κ3) is 4.43. The van der Waals surface area contributed by atoms with Gasteiger partial charge in [0, 0.05) is 53.7 Å². The standard InChI is InChI=1S/C45H25N3O2S/c1-2-11-26(12-3-1)27-13-10-14-28(23-27)43-46-44(29-21-22-32-30-15-4-7-18-36(30)49-38(32)24-29)48-45(47-43)35-25-34-31-16-5-8-19-37(31)50-41(34)40-33-17-6-9-20-39(33)51-42(35)40/h1-25H. The van der Waals surface area contributed by atoms with Gasteiger partial charge in [0.05, 0.1) is 4.70 Å². The van der Waals surface area contributed by atoms with Gasteiger partial charge in [-0.3, -0.25) is 0 Å². The number of thiophene rings is 1. The third-order valence-corrected chi connectivity index (χ3v) is 10.9. The van der Waals surface area contributed by atoms with Crippen LogP contribution in [-0.2, 0) is 0 Å². The number of fused-ring (bicyclic) bond motifs is 10. The van der Waals surface area contributed by atoms with Crippen molar-refractivity contribution in [1.29, 1.82) is 0 Å². The molecule has 0 bridgehead atoms. The van der Waals surface area contributed by atoms with E-state index in [-0.39, 0.29) is 0 Å². The summed E-state index contributed by atoms with van der Waals surface area (Å²) < 4.78 is 15.1.